The number of hydrogen-bond donors (Lipinski definition) is 1. The van der Waals surface area contributed by atoms with Crippen LogP contribution in [0.1, 0.15) is 26.7 Å². The molecule has 0 aromatic rings. The van der Waals surface area contributed by atoms with Crippen LogP contribution in [0.3, 0.4) is 0 Å². The molecule has 0 saturated carbocycles. The minimum Gasteiger partial charge on any atom is -0.374 e. The van der Waals surface area contributed by atoms with E-state index in [2.05, 4.69) is 4.72 Å². The fourth-order valence-electron chi connectivity index (χ4n) is 1.42. The summed E-state index contributed by atoms with van der Waals surface area (Å²) in [5, 5.41) is 7.50. The van der Waals surface area contributed by atoms with Crippen molar-refractivity contribution >= 4 is 10.0 Å². The molecule has 0 amide bonds. The molecule has 0 spiro atoms. The highest BCUT2D eigenvalue weighted by molar-refractivity contribution is 7.90. The molecule has 0 aromatic carbocycles. The maximum absolute atomic E-state index is 11.5. The Balaban J connectivity index is 2.53. The highest BCUT2D eigenvalue weighted by Crippen LogP contribution is 2.24. The standard InChI is InChI=1S/C9H16N2O3S/c1-8(6-10)15(12,13)11-7-9(2)4-3-5-14-9/h8,11H,3-5,7H2,1-2H3. The van der Waals surface area contributed by atoms with Gasteiger partial charge in [-0.2, -0.15) is 5.26 Å². The Hall–Kier alpha value is -0.640. The Morgan fingerprint density at radius 2 is 2.33 bits per heavy atom. The monoisotopic (exact) mass is 232 g/mol. The van der Waals surface area contributed by atoms with Crippen LogP contribution in [0, 0.1) is 11.3 Å². The minimum atomic E-state index is -3.53. The zero-order chi connectivity index (χ0) is 11.5. The lowest BCUT2D eigenvalue weighted by atomic mass is 10.0. The van der Waals surface area contributed by atoms with Crippen molar-refractivity contribution in [3.05, 3.63) is 0 Å². The number of sulfonamides is 1. The van der Waals surface area contributed by atoms with Gasteiger partial charge in [0.05, 0.1) is 11.7 Å². The van der Waals surface area contributed by atoms with Crippen molar-refractivity contribution in [3.63, 3.8) is 0 Å². The van der Waals surface area contributed by atoms with Gasteiger partial charge in [-0.05, 0) is 26.7 Å². The fraction of sp³-hybridized carbons (Fsp3) is 0.889. The summed E-state index contributed by atoms with van der Waals surface area (Å²) in [4.78, 5) is 0. The topological polar surface area (TPSA) is 79.2 Å². The Morgan fingerprint density at radius 3 is 2.80 bits per heavy atom. The van der Waals surface area contributed by atoms with E-state index in [1.54, 1.807) is 6.07 Å². The maximum atomic E-state index is 11.5. The molecule has 15 heavy (non-hydrogen) atoms. The van der Waals surface area contributed by atoms with E-state index in [4.69, 9.17) is 10.00 Å². The maximum Gasteiger partial charge on any atom is 0.227 e. The molecule has 1 aliphatic heterocycles. The van der Waals surface area contributed by atoms with Gasteiger partial charge in [-0.3, -0.25) is 0 Å². The summed E-state index contributed by atoms with van der Waals surface area (Å²) in [6, 6.07) is 1.70. The van der Waals surface area contributed by atoms with Gasteiger partial charge in [0.1, 0.15) is 0 Å². The van der Waals surface area contributed by atoms with Crippen molar-refractivity contribution in [2.24, 2.45) is 0 Å². The molecule has 0 radical (unpaired) electrons. The molecular weight excluding hydrogens is 216 g/mol. The summed E-state index contributed by atoms with van der Waals surface area (Å²) < 4.78 is 30.8. The van der Waals surface area contributed by atoms with Gasteiger partial charge < -0.3 is 4.74 Å². The van der Waals surface area contributed by atoms with Crippen molar-refractivity contribution in [2.75, 3.05) is 13.2 Å². The first-order valence-electron chi connectivity index (χ1n) is 4.92. The summed E-state index contributed by atoms with van der Waals surface area (Å²) >= 11 is 0. The Kier molecular flexibility index (Phi) is 3.71. The van der Waals surface area contributed by atoms with Crippen molar-refractivity contribution in [1.82, 2.24) is 4.72 Å². The van der Waals surface area contributed by atoms with Crippen LogP contribution in [0.2, 0.25) is 0 Å². The van der Waals surface area contributed by atoms with Crippen LogP contribution in [0.5, 0.6) is 0 Å². The lowest BCUT2D eigenvalue weighted by Crippen LogP contribution is -2.42. The first-order chi connectivity index (χ1) is 6.90. The second-order valence-corrected chi connectivity index (χ2v) is 6.13. The van der Waals surface area contributed by atoms with Gasteiger partial charge in [0.15, 0.2) is 5.25 Å². The molecule has 1 aliphatic rings. The third-order valence-corrected chi connectivity index (χ3v) is 4.18. The molecule has 2 unspecified atom stereocenters. The summed E-state index contributed by atoms with van der Waals surface area (Å²) in [5.74, 6) is 0. The van der Waals surface area contributed by atoms with Crippen LogP contribution < -0.4 is 4.72 Å². The highest BCUT2D eigenvalue weighted by Gasteiger charge is 2.32. The van der Waals surface area contributed by atoms with E-state index >= 15 is 0 Å². The summed E-state index contributed by atoms with van der Waals surface area (Å²) in [6.45, 7) is 4.15. The molecule has 1 heterocycles. The van der Waals surface area contributed by atoms with Crippen LogP contribution in [-0.4, -0.2) is 32.4 Å². The lowest BCUT2D eigenvalue weighted by Gasteiger charge is -2.23. The molecule has 1 saturated heterocycles. The lowest BCUT2D eigenvalue weighted by molar-refractivity contribution is 0.0250. The van der Waals surface area contributed by atoms with Crippen LogP contribution in [0.4, 0.5) is 0 Å². The number of nitriles is 1. The normalized spacial score (nSPS) is 28.6. The molecule has 0 bridgehead atoms. The van der Waals surface area contributed by atoms with Crippen molar-refractivity contribution in [1.29, 1.82) is 5.26 Å². The van der Waals surface area contributed by atoms with Gasteiger partial charge in [-0.15, -0.1) is 0 Å². The van der Waals surface area contributed by atoms with E-state index in [-0.39, 0.29) is 6.54 Å². The van der Waals surface area contributed by atoms with Gasteiger partial charge in [-0.1, -0.05) is 0 Å². The van der Waals surface area contributed by atoms with E-state index < -0.39 is 20.9 Å². The quantitative estimate of drug-likeness (QED) is 0.760. The number of nitrogens with zero attached hydrogens (tertiary/aromatic N) is 1. The second kappa shape index (κ2) is 4.47. The largest absolute Gasteiger partial charge is 0.374 e. The second-order valence-electron chi connectivity index (χ2n) is 4.04. The van der Waals surface area contributed by atoms with Crippen molar-refractivity contribution in [3.8, 4) is 6.07 Å². The molecule has 2 atom stereocenters. The smallest absolute Gasteiger partial charge is 0.227 e. The minimum absolute atomic E-state index is 0.237. The first-order valence-corrected chi connectivity index (χ1v) is 6.46. The average molecular weight is 232 g/mol. The number of rotatable bonds is 4. The van der Waals surface area contributed by atoms with Crippen LogP contribution >= 0.6 is 0 Å². The van der Waals surface area contributed by atoms with Crippen molar-refractivity contribution < 1.29 is 13.2 Å². The molecule has 1 rings (SSSR count). The summed E-state index contributed by atoms with van der Waals surface area (Å²) in [7, 11) is -3.53. The van der Waals surface area contributed by atoms with E-state index in [1.165, 1.54) is 6.92 Å². The number of hydrogen-bond acceptors (Lipinski definition) is 4. The fourth-order valence-corrected chi connectivity index (χ4v) is 2.32. The van der Waals surface area contributed by atoms with Crippen LogP contribution in [0.25, 0.3) is 0 Å². The van der Waals surface area contributed by atoms with E-state index in [1.807, 2.05) is 6.92 Å². The summed E-state index contributed by atoms with van der Waals surface area (Å²) in [5.41, 5.74) is -0.414. The zero-order valence-electron chi connectivity index (χ0n) is 8.99. The number of ether oxygens (including phenoxy) is 1. The van der Waals surface area contributed by atoms with Crippen molar-refractivity contribution in [2.45, 2.75) is 37.5 Å². The summed E-state index contributed by atoms with van der Waals surface area (Å²) in [6.07, 6.45) is 1.79. The molecular formula is C9H16N2O3S. The molecule has 5 nitrogen and oxygen atoms in total. The Morgan fingerprint density at radius 1 is 1.67 bits per heavy atom. The first kappa shape index (κ1) is 12.4. The van der Waals surface area contributed by atoms with E-state index in [0.29, 0.717) is 6.61 Å². The molecule has 1 N–H and O–H groups in total. The van der Waals surface area contributed by atoms with Gasteiger partial charge in [0.25, 0.3) is 0 Å². The van der Waals surface area contributed by atoms with Crippen LogP contribution in [0.15, 0.2) is 0 Å². The Labute approximate surface area is 90.5 Å². The van der Waals surface area contributed by atoms with Gasteiger partial charge in [-0.25, -0.2) is 13.1 Å². The zero-order valence-corrected chi connectivity index (χ0v) is 9.80. The molecule has 0 aliphatic carbocycles. The predicted octanol–water partition coefficient (Wildman–Crippen LogP) is 0.387. The van der Waals surface area contributed by atoms with Crippen LogP contribution in [-0.2, 0) is 14.8 Å². The van der Waals surface area contributed by atoms with E-state index in [9.17, 15) is 8.42 Å². The van der Waals surface area contributed by atoms with Gasteiger partial charge in [0, 0.05) is 13.2 Å². The van der Waals surface area contributed by atoms with E-state index in [0.717, 1.165) is 12.8 Å². The van der Waals surface area contributed by atoms with Gasteiger partial charge in [0.2, 0.25) is 10.0 Å². The Bertz CT molecular complexity index is 352. The predicted molar refractivity (Wildman–Crippen MR) is 55.6 cm³/mol. The van der Waals surface area contributed by atoms with Gasteiger partial charge >= 0.3 is 0 Å². The molecule has 6 heteroatoms. The number of nitrogens with one attached hydrogen (secondary N) is 1. The SMILES string of the molecule is CC(C#N)S(=O)(=O)NCC1(C)CCCO1. The third kappa shape index (κ3) is 3.16. The molecule has 0 aromatic heterocycles. The molecule has 1 fully saturated rings. The molecule has 86 valence electrons. The average Bonchev–Trinajstić information content (AvgIpc) is 2.62. The third-order valence-electron chi connectivity index (χ3n) is 2.60. The highest BCUT2D eigenvalue weighted by atomic mass is 32.2.